The summed E-state index contributed by atoms with van der Waals surface area (Å²) >= 11 is 0. The smallest absolute Gasteiger partial charge is 0.191 e. The van der Waals surface area contributed by atoms with Crippen LogP contribution in [0.2, 0.25) is 0 Å². The van der Waals surface area contributed by atoms with Crippen molar-refractivity contribution in [2.75, 3.05) is 53.5 Å². The van der Waals surface area contributed by atoms with Crippen molar-refractivity contribution in [3.8, 4) is 0 Å². The molecule has 2 N–H and O–H groups in total. The molecule has 1 aromatic carbocycles. The topological polar surface area (TPSA) is 48.9 Å². The van der Waals surface area contributed by atoms with Gasteiger partial charge >= 0.3 is 0 Å². The van der Waals surface area contributed by atoms with E-state index >= 15 is 0 Å². The number of likely N-dealkylation sites (N-methyl/N-ethyl adjacent to an activating group) is 1. The predicted octanol–water partition coefficient (Wildman–Crippen LogP) is 2.85. The van der Waals surface area contributed by atoms with Crippen LogP contribution in [-0.4, -0.2) is 64.3 Å². The Hall–Kier alpha value is -0.930. The van der Waals surface area contributed by atoms with Gasteiger partial charge in [0.1, 0.15) is 5.82 Å². The second-order valence-corrected chi connectivity index (χ2v) is 6.81. The van der Waals surface area contributed by atoms with Crippen LogP contribution in [0.1, 0.15) is 26.3 Å². The van der Waals surface area contributed by atoms with Gasteiger partial charge in [-0.25, -0.2) is 4.39 Å². The zero-order valence-electron chi connectivity index (χ0n) is 16.6. The lowest BCUT2D eigenvalue weighted by Crippen LogP contribution is -2.42. The number of ether oxygens (including phenoxy) is 1. The standard InChI is InChI=1S/C19H33FN4O.HI/c1-6-21-18(22-10-11-24(4)12-13-25-5)23-15-19(2,3)16-8-7-9-17(20)14-16;/h7-9,14H,6,10-13,15H2,1-5H3,(H2,21,22,23);1H. The second kappa shape index (κ2) is 13.3. The summed E-state index contributed by atoms with van der Waals surface area (Å²) in [6, 6.07) is 6.74. The summed E-state index contributed by atoms with van der Waals surface area (Å²) in [6.45, 7) is 10.9. The van der Waals surface area contributed by atoms with Crippen LogP contribution in [0.15, 0.2) is 29.3 Å². The number of aliphatic imine (C=N–C) groups is 1. The fraction of sp³-hybridized carbons (Fsp3) is 0.632. The van der Waals surface area contributed by atoms with Crippen LogP contribution >= 0.6 is 24.0 Å². The van der Waals surface area contributed by atoms with Crippen LogP contribution < -0.4 is 10.6 Å². The van der Waals surface area contributed by atoms with Crippen LogP contribution in [0.3, 0.4) is 0 Å². The first kappa shape index (κ1) is 25.1. The molecule has 0 fully saturated rings. The number of halogens is 2. The van der Waals surface area contributed by atoms with Crippen molar-refractivity contribution in [1.29, 1.82) is 0 Å². The number of rotatable bonds is 10. The maximum Gasteiger partial charge on any atom is 0.191 e. The Kier molecular flexibility index (Phi) is 12.8. The number of hydrogen-bond donors (Lipinski definition) is 2. The lowest BCUT2D eigenvalue weighted by Gasteiger charge is -2.24. The van der Waals surface area contributed by atoms with Crippen LogP contribution in [0.25, 0.3) is 0 Å². The number of methoxy groups -OCH3 is 1. The molecule has 0 radical (unpaired) electrons. The first-order valence-corrected chi connectivity index (χ1v) is 8.84. The molecule has 0 atom stereocenters. The van der Waals surface area contributed by atoms with E-state index in [4.69, 9.17) is 4.74 Å². The number of nitrogens with zero attached hydrogens (tertiary/aromatic N) is 2. The molecule has 0 aliphatic rings. The Balaban J connectivity index is 0.00000625. The maximum atomic E-state index is 13.5. The molecule has 1 rings (SSSR count). The highest BCUT2D eigenvalue weighted by Gasteiger charge is 2.21. The first-order chi connectivity index (χ1) is 11.9. The highest BCUT2D eigenvalue weighted by Crippen LogP contribution is 2.24. The van der Waals surface area contributed by atoms with Gasteiger partial charge in [-0.15, -0.1) is 24.0 Å². The Morgan fingerprint density at radius 1 is 1.27 bits per heavy atom. The van der Waals surface area contributed by atoms with Gasteiger partial charge in [-0.2, -0.15) is 0 Å². The minimum absolute atomic E-state index is 0. The third-order valence-electron chi connectivity index (χ3n) is 4.05. The molecule has 0 aromatic heterocycles. The number of guanidine groups is 1. The molecule has 0 bridgehead atoms. The largest absolute Gasteiger partial charge is 0.383 e. The maximum absolute atomic E-state index is 13.5. The molecule has 1 aromatic rings. The summed E-state index contributed by atoms with van der Waals surface area (Å²) in [4.78, 5) is 6.88. The Bertz CT molecular complexity index is 540. The van der Waals surface area contributed by atoms with Gasteiger partial charge in [-0.1, -0.05) is 26.0 Å². The van der Waals surface area contributed by atoms with Crippen LogP contribution in [0.5, 0.6) is 0 Å². The van der Waals surface area contributed by atoms with Gasteiger partial charge in [0.25, 0.3) is 0 Å². The summed E-state index contributed by atoms with van der Waals surface area (Å²) in [5.74, 6) is 0.575. The van der Waals surface area contributed by atoms with Crippen molar-refractivity contribution in [2.45, 2.75) is 26.2 Å². The molecule has 7 heteroatoms. The SMILES string of the molecule is CCNC(=NCC(C)(C)c1cccc(F)c1)NCCN(C)CCOC.I. The number of hydrogen-bond acceptors (Lipinski definition) is 3. The van der Waals surface area contributed by atoms with Gasteiger partial charge in [-0.3, -0.25) is 4.99 Å². The van der Waals surface area contributed by atoms with Crippen molar-refractivity contribution in [3.63, 3.8) is 0 Å². The molecule has 0 spiro atoms. The van der Waals surface area contributed by atoms with Gasteiger partial charge < -0.3 is 20.3 Å². The molecule has 0 unspecified atom stereocenters. The van der Waals surface area contributed by atoms with E-state index in [0.717, 1.165) is 44.3 Å². The van der Waals surface area contributed by atoms with Gasteiger partial charge in [0.15, 0.2) is 5.96 Å². The van der Waals surface area contributed by atoms with E-state index in [2.05, 4.69) is 41.4 Å². The van der Waals surface area contributed by atoms with Crippen molar-refractivity contribution in [3.05, 3.63) is 35.6 Å². The second-order valence-electron chi connectivity index (χ2n) is 6.81. The first-order valence-electron chi connectivity index (χ1n) is 8.84. The summed E-state index contributed by atoms with van der Waals surface area (Å²) in [5, 5.41) is 6.60. The van der Waals surface area contributed by atoms with Gasteiger partial charge in [0, 0.05) is 38.7 Å². The van der Waals surface area contributed by atoms with Crippen LogP contribution in [0.4, 0.5) is 4.39 Å². The molecule has 0 aliphatic carbocycles. The zero-order chi connectivity index (χ0) is 18.7. The van der Waals surface area contributed by atoms with E-state index in [-0.39, 0.29) is 35.2 Å². The summed E-state index contributed by atoms with van der Waals surface area (Å²) < 4.78 is 18.6. The van der Waals surface area contributed by atoms with Gasteiger partial charge in [0.05, 0.1) is 13.2 Å². The number of nitrogens with one attached hydrogen (secondary N) is 2. The van der Waals surface area contributed by atoms with Crippen LogP contribution in [0, 0.1) is 5.82 Å². The van der Waals surface area contributed by atoms with Crippen molar-refractivity contribution in [1.82, 2.24) is 15.5 Å². The zero-order valence-corrected chi connectivity index (χ0v) is 19.0. The molecule has 0 aliphatic heterocycles. The van der Waals surface area contributed by atoms with E-state index < -0.39 is 0 Å². The predicted molar refractivity (Wildman–Crippen MR) is 118 cm³/mol. The molecular weight excluding hydrogens is 446 g/mol. The van der Waals surface area contributed by atoms with Crippen LogP contribution in [-0.2, 0) is 10.2 Å². The Morgan fingerprint density at radius 2 is 2.00 bits per heavy atom. The van der Waals surface area contributed by atoms with E-state index in [1.165, 1.54) is 6.07 Å². The highest BCUT2D eigenvalue weighted by molar-refractivity contribution is 14.0. The van der Waals surface area contributed by atoms with Gasteiger partial charge in [0.2, 0.25) is 0 Å². The Morgan fingerprint density at radius 3 is 2.62 bits per heavy atom. The fourth-order valence-electron chi connectivity index (χ4n) is 2.34. The monoisotopic (exact) mass is 480 g/mol. The number of benzene rings is 1. The van der Waals surface area contributed by atoms with Crippen molar-refractivity contribution < 1.29 is 9.13 Å². The summed E-state index contributed by atoms with van der Waals surface area (Å²) in [7, 11) is 3.78. The molecule has 0 saturated carbocycles. The average molecular weight is 480 g/mol. The molecule has 26 heavy (non-hydrogen) atoms. The molecule has 0 saturated heterocycles. The third-order valence-corrected chi connectivity index (χ3v) is 4.05. The molecular formula is C19H34FIN4O. The van der Waals surface area contributed by atoms with E-state index in [9.17, 15) is 4.39 Å². The minimum atomic E-state index is -0.236. The molecule has 0 heterocycles. The lowest BCUT2D eigenvalue weighted by atomic mass is 9.85. The van der Waals surface area contributed by atoms with Crippen molar-refractivity contribution in [2.24, 2.45) is 4.99 Å². The molecule has 0 amide bonds. The quantitative estimate of drug-likeness (QED) is 0.307. The van der Waals surface area contributed by atoms with Crippen molar-refractivity contribution >= 4 is 29.9 Å². The third kappa shape index (κ3) is 9.68. The average Bonchev–Trinajstić information content (AvgIpc) is 2.58. The van der Waals surface area contributed by atoms with E-state index in [0.29, 0.717) is 6.54 Å². The van der Waals surface area contributed by atoms with E-state index in [1.54, 1.807) is 19.2 Å². The fourth-order valence-corrected chi connectivity index (χ4v) is 2.34. The Labute approximate surface area is 174 Å². The highest BCUT2D eigenvalue weighted by atomic mass is 127. The lowest BCUT2D eigenvalue weighted by molar-refractivity contribution is 0.162. The minimum Gasteiger partial charge on any atom is -0.383 e. The van der Waals surface area contributed by atoms with Gasteiger partial charge in [-0.05, 0) is 31.7 Å². The summed E-state index contributed by atoms with van der Waals surface area (Å²) in [5.41, 5.74) is 0.714. The molecule has 150 valence electrons. The summed E-state index contributed by atoms with van der Waals surface area (Å²) in [6.07, 6.45) is 0. The van der Waals surface area contributed by atoms with E-state index in [1.807, 2.05) is 13.0 Å². The normalized spacial score (nSPS) is 12.0. The molecule has 5 nitrogen and oxygen atoms in total.